The van der Waals surface area contributed by atoms with E-state index in [1.54, 1.807) is 6.92 Å². The van der Waals surface area contributed by atoms with Gasteiger partial charge in [0.25, 0.3) is 5.91 Å². The number of rotatable bonds is 4. The zero-order chi connectivity index (χ0) is 15.0. The molecule has 0 radical (unpaired) electrons. The monoisotopic (exact) mass is 280 g/mol. The summed E-state index contributed by atoms with van der Waals surface area (Å²) in [7, 11) is 0. The molecule has 1 aliphatic rings. The van der Waals surface area contributed by atoms with Gasteiger partial charge < -0.3 is 10.4 Å². The third-order valence-corrected chi connectivity index (χ3v) is 3.98. The van der Waals surface area contributed by atoms with Gasteiger partial charge in [0.2, 0.25) is 0 Å². The van der Waals surface area contributed by atoms with Crippen LogP contribution in [0.25, 0.3) is 0 Å². The van der Waals surface area contributed by atoms with Crippen molar-refractivity contribution in [3.63, 3.8) is 0 Å². The lowest BCUT2D eigenvalue weighted by Crippen LogP contribution is -2.51. The van der Waals surface area contributed by atoms with E-state index in [-0.39, 0.29) is 23.8 Å². The first-order chi connectivity index (χ1) is 9.21. The van der Waals surface area contributed by atoms with Gasteiger partial charge in [0, 0.05) is 5.41 Å². The third-order valence-electron chi connectivity index (χ3n) is 3.98. The van der Waals surface area contributed by atoms with Crippen LogP contribution in [0.3, 0.4) is 0 Å². The lowest BCUT2D eigenvalue weighted by atomic mass is 9.73. The topological polar surface area (TPSA) is 90.9 Å². The van der Waals surface area contributed by atoms with Crippen molar-refractivity contribution in [3.8, 4) is 0 Å². The van der Waals surface area contributed by atoms with Gasteiger partial charge in [0.15, 0.2) is 5.82 Å². The van der Waals surface area contributed by atoms with E-state index in [9.17, 15) is 9.90 Å². The maximum atomic E-state index is 12.1. The molecule has 1 heterocycles. The molecule has 112 valence electrons. The van der Waals surface area contributed by atoms with Crippen molar-refractivity contribution in [3.05, 3.63) is 11.6 Å². The van der Waals surface area contributed by atoms with Gasteiger partial charge >= 0.3 is 0 Å². The summed E-state index contributed by atoms with van der Waals surface area (Å²) < 4.78 is 0. The molecule has 1 saturated carbocycles. The lowest BCUT2D eigenvalue weighted by molar-refractivity contribution is -0.147. The Labute approximate surface area is 119 Å². The Morgan fingerprint density at radius 3 is 2.50 bits per heavy atom. The third kappa shape index (κ3) is 3.00. The van der Waals surface area contributed by atoms with Gasteiger partial charge in [0.1, 0.15) is 11.4 Å². The Balaban J connectivity index is 1.91. The molecule has 3 N–H and O–H groups in total. The molecule has 1 atom stereocenters. The minimum atomic E-state index is -1.29. The molecule has 0 aliphatic heterocycles. The quantitative estimate of drug-likeness (QED) is 0.774. The summed E-state index contributed by atoms with van der Waals surface area (Å²) in [6, 6.07) is 0. The number of aromatic amines is 1. The molecule has 0 bridgehead atoms. The van der Waals surface area contributed by atoms with Gasteiger partial charge in [-0.1, -0.05) is 27.2 Å². The van der Waals surface area contributed by atoms with E-state index in [0.717, 1.165) is 19.3 Å². The van der Waals surface area contributed by atoms with Crippen LogP contribution in [-0.4, -0.2) is 31.8 Å². The van der Waals surface area contributed by atoms with E-state index < -0.39 is 5.60 Å². The van der Waals surface area contributed by atoms with Crippen LogP contribution >= 0.6 is 0 Å². The van der Waals surface area contributed by atoms with Crippen LogP contribution in [0.4, 0.5) is 0 Å². The number of aromatic nitrogens is 3. The predicted octanol–water partition coefficient (Wildman–Crippen LogP) is 1.27. The van der Waals surface area contributed by atoms with Crippen LogP contribution in [0.15, 0.2) is 0 Å². The van der Waals surface area contributed by atoms with Gasteiger partial charge in [-0.15, -0.1) is 0 Å². The van der Waals surface area contributed by atoms with Crippen molar-refractivity contribution in [2.45, 2.75) is 64.5 Å². The maximum Gasteiger partial charge on any atom is 0.252 e. The minimum absolute atomic E-state index is 0.0716. The van der Waals surface area contributed by atoms with Crippen molar-refractivity contribution < 1.29 is 9.90 Å². The average molecular weight is 280 g/mol. The highest BCUT2D eigenvalue weighted by molar-refractivity contribution is 5.84. The van der Waals surface area contributed by atoms with E-state index in [0.29, 0.717) is 11.6 Å². The molecule has 20 heavy (non-hydrogen) atoms. The molecule has 1 aromatic heterocycles. The fourth-order valence-corrected chi connectivity index (χ4v) is 2.21. The molecule has 1 aliphatic carbocycles. The highest BCUT2D eigenvalue weighted by Gasteiger charge is 2.42. The summed E-state index contributed by atoms with van der Waals surface area (Å²) in [4.78, 5) is 16.4. The van der Waals surface area contributed by atoms with E-state index >= 15 is 0 Å². The fourth-order valence-electron chi connectivity index (χ4n) is 2.21. The Kier molecular flexibility index (Phi) is 3.86. The number of nitrogens with one attached hydrogen (secondary N) is 2. The molecule has 0 aromatic carbocycles. The number of H-pyrrole nitrogens is 1. The molecule has 1 unspecified atom stereocenters. The van der Waals surface area contributed by atoms with Crippen LogP contribution in [0.5, 0.6) is 0 Å². The van der Waals surface area contributed by atoms with Gasteiger partial charge in [-0.25, -0.2) is 4.98 Å². The molecular weight excluding hydrogens is 256 g/mol. The molecule has 0 spiro atoms. The summed E-state index contributed by atoms with van der Waals surface area (Å²) in [6.07, 6.45) is 2.92. The normalized spacial score (nSPS) is 19.2. The molecule has 0 saturated heterocycles. The highest BCUT2D eigenvalue weighted by atomic mass is 16.3. The van der Waals surface area contributed by atoms with E-state index in [1.165, 1.54) is 0 Å². The first kappa shape index (κ1) is 15.0. The number of carbonyl (C=O) groups excluding carboxylic acids is 1. The number of amides is 1. The van der Waals surface area contributed by atoms with Crippen molar-refractivity contribution in [2.75, 3.05) is 0 Å². The molecule has 1 amide bonds. The predicted molar refractivity (Wildman–Crippen MR) is 74.9 cm³/mol. The summed E-state index contributed by atoms with van der Waals surface area (Å²) in [5, 5.41) is 19.9. The Morgan fingerprint density at radius 2 is 2.05 bits per heavy atom. The van der Waals surface area contributed by atoms with Crippen LogP contribution in [0.2, 0.25) is 0 Å². The summed E-state index contributed by atoms with van der Waals surface area (Å²) in [5.74, 6) is 1.05. The number of aliphatic hydroxyl groups is 1. The van der Waals surface area contributed by atoms with Crippen molar-refractivity contribution in [1.82, 2.24) is 20.5 Å². The minimum Gasteiger partial charge on any atom is -0.380 e. The van der Waals surface area contributed by atoms with Crippen LogP contribution in [0, 0.1) is 5.92 Å². The smallest absolute Gasteiger partial charge is 0.252 e. The first-order valence-corrected chi connectivity index (χ1v) is 7.13. The second kappa shape index (κ2) is 5.16. The van der Waals surface area contributed by atoms with Crippen LogP contribution < -0.4 is 5.32 Å². The Bertz CT molecular complexity index is 484. The van der Waals surface area contributed by atoms with Gasteiger partial charge in [-0.3, -0.25) is 9.89 Å². The zero-order valence-corrected chi connectivity index (χ0v) is 12.7. The first-order valence-electron chi connectivity index (χ1n) is 7.13. The van der Waals surface area contributed by atoms with E-state index in [2.05, 4.69) is 20.5 Å². The second-order valence-electron chi connectivity index (χ2n) is 6.81. The fraction of sp³-hybridized carbons (Fsp3) is 0.786. The van der Waals surface area contributed by atoms with E-state index in [4.69, 9.17) is 0 Å². The molecule has 2 rings (SSSR count). The van der Waals surface area contributed by atoms with Crippen LogP contribution in [-0.2, 0) is 16.8 Å². The Hall–Kier alpha value is -1.43. The summed E-state index contributed by atoms with van der Waals surface area (Å²) in [6.45, 7) is 7.93. The van der Waals surface area contributed by atoms with Crippen molar-refractivity contribution >= 4 is 5.91 Å². The Morgan fingerprint density at radius 1 is 1.40 bits per heavy atom. The number of hydrogen-bond donors (Lipinski definition) is 3. The molecule has 1 fully saturated rings. The van der Waals surface area contributed by atoms with E-state index in [1.807, 2.05) is 20.8 Å². The standard InChI is InChI=1S/C14H24N4O2/c1-13(2,3)11-16-10(17-18-11)8-15-12(19)14(4,20)9-6-5-7-9/h9,20H,5-8H2,1-4H3,(H,15,19)(H,16,17,18). The second-order valence-corrected chi connectivity index (χ2v) is 6.81. The van der Waals surface area contributed by atoms with Gasteiger partial charge in [0.05, 0.1) is 6.54 Å². The highest BCUT2D eigenvalue weighted by Crippen LogP contribution is 2.36. The zero-order valence-electron chi connectivity index (χ0n) is 12.7. The molecule has 6 nitrogen and oxygen atoms in total. The molecule has 1 aromatic rings. The molecule has 6 heteroatoms. The summed E-state index contributed by atoms with van der Waals surface area (Å²) >= 11 is 0. The SMILES string of the molecule is CC(C)(C)c1n[nH]c(CNC(=O)C(C)(O)C2CCC2)n1. The number of nitrogens with zero attached hydrogens (tertiary/aromatic N) is 2. The lowest BCUT2D eigenvalue weighted by Gasteiger charge is -2.37. The van der Waals surface area contributed by atoms with Gasteiger partial charge in [-0.2, -0.15) is 5.10 Å². The van der Waals surface area contributed by atoms with Crippen LogP contribution in [0.1, 0.15) is 58.6 Å². The van der Waals surface area contributed by atoms with Crippen molar-refractivity contribution in [1.29, 1.82) is 0 Å². The number of carbonyl (C=O) groups is 1. The van der Waals surface area contributed by atoms with Gasteiger partial charge in [-0.05, 0) is 25.7 Å². The maximum absolute atomic E-state index is 12.1. The summed E-state index contributed by atoms with van der Waals surface area (Å²) in [5.41, 5.74) is -1.42. The van der Waals surface area contributed by atoms with Crippen molar-refractivity contribution in [2.24, 2.45) is 5.92 Å². The largest absolute Gasteiger partial charge is 0.380 e. The molecular formula is C14H24N4O2. The average Bonchev–Trinajstić information content (AvgIpc) is 2.70. The number of hydrogen-bond acceptors (Lipinski definition) is 4.